The molecule has 0 spiro atoms. The van der Waals surface area contributed by atoms with Crippen molar-refractivity contribution in [1.29, 1.82) is 0 Å². The van der Waals surface area contributed by atoms with Crippen molar-refractivity contribution in [1.82, 2.24) is 5.32 Å². The van der Waals surface area contributed by atoms with E-state index >= 15 is 0 Å². The molecule has 0 aliphatic carbocycles. The van der Waals surface area contributed by atoms with Crippen LogP contribution in [0.4, 0.5) is 0 Å². The molecule has 0 heterocycles. The van der Waals surface area contributed by atoms with Gasteiger partial charge >= 0.3 is 0 Å². The fraction of sp³-hybridized carbons (Fsp3) is 0.455. The van der Waals surface area contributed by atoms with Gasteiger partial charge in [0, 0.05) is 18.7 Å². The van der Waals surface area contributed by atoms with E-state index in [0.29, 0.717) is 11.4 Å². The Hall–Kier alpha value is -0.910. The topological polar surface area (TPSA) is 66.4 Å². The van der Waals surface area contributed by atoms with Crippen molar-refractivity contribution in [3.8, 4) is 0 Å². The smallest absolute Gasteiger partial charge is 0.175 e. The van der Waals surface area contributed by atoms with Gasteiger partial charge < -0.3 is 10.4 Å². The molecule has 1 aromatic carbocycles. The molecule has 0 fully saturated rings. The first-order chi connectivity index (χ1) is 7.49. The predicted molar refractivity (Wildman–Crippen MR) is 63.3 cm³/mol. The maximum atomic E-state index is 11.2. The van der Waals surface area contributed by atoms with Crippen LogP contribution in [0.1, 0.15) is 11.5 Å². The summed E-state index contributed by atoms with van der Waals surface area (Å²) in [5.74, 6) is -0.00129. The van der Waals surface area contributed by atoms with Gasteiger partial charge in [-0.05, 0) is 24.7 Å². The van der Waals surface area contributed by atoms with Crippen molar-refractivity contribution >= 4 is 9.84 Å². The molecule has 4 nitrogen and oxygen atoms in total. The lowest BCUT2D eigenvalue weighted by atomic mass is 10.0. The van der Waals surface area contributed by atoms with Gasteiger partial charge in [0.1, 0.15) is 0 Å². The van der Waals surface area contributed by atoms with E-state index in [1.54, 1.807) is 24.3 Å². The van der Waals surface area contributed by atoms with Crippen LogP contribution < -0.4 is 5.32 Å². The standard InChI is InChI=1S/C11H17NO3S/c1-12-7-10(8-13)9-3-5-11(6-4-9)16(2,14)15/h3-6,10,12-13H,7-8H2,1-2H3. The van der Waals surface area contributed by atoms with E-state index in [1.165, 1.54) is 6.26 Å². The summed E-state index contributed by atoms with van der Waals surface area (Å²) in [6.45, 7) is 0.702. The lowest BCUT2D eigenvalue weighted by Gasteiger charge is -2.14. The van der Waals surface area contributed by atoms with Crippen molar-refractivity contribution in [3.63, 3.8) is 0 Å². The van der Waals surface area contributed by atoms with Crippen LogP contribution in [-0.2, 0) is 9.84 Å². The number of hydrogen-bond donors (Lipinski definition) is 2. The normalized spacial score (nSPS) is 13.7. The number of likely N-dealkylation sites (N-methyl/N-ethyl adjacent to an activating group) is 1. The van der Waals surface area contributed by atoms with Crippen LogP contribution in [0.15, 0.2) is 29.2 Å². The lowest BCUT2D eigenvalue weighted by molar-refractivity contribution is 0.263. The van der Waals surface area contributed by atoms with E-state index in [2.05, 4.69) is 5.32 Å². The summed E-state index contributed by atoms with van der Waals surface area (Å²) >= 11 is 0. The van der Waals surface area contributed by atoms with Crippen LogP contribution in [-0.4, -0.2) is 40.0 Å². The molecule has 1 unspecified atom stereocenters. The molecule has 0 radical (unpaired) electrons. The number of nitrogens with one attached hydrogen (secondary N) is 1. The summed E-state index contributed by atoms with van der Waals surface area (Å²) in [7, 11) is -1.33. The molecule has 1 aromatic rings. The first-order valence-electron chi connectivity index (χ1n) is 5.04. The quantitative estimate of drug-likeness (QED) is 0.785. The molecule has 0 amide bonds. The second-order valence-corrected chi connectivity index (χ2v) is 5.79. The van der Waals surface area contributed by atoms with Gasteiger partial charge in [0.2, 0.25) is 0 Å². The summed E-state index contributed by atoms with van der Waals surface area (Å²) in [5.41, 5.74) is 0.934. The van der Waals surface area contributed by atoms with Crippen LogP contribution in [0.2, 0.25) is 0 Å². The average Bonchev–Trinajstić information content (AvgIpc) is 2.25. The molecule has 0 saturated heterocycles. The third kappa shape index (κ3) is 3.30. The van der Waals surface area contributed by atoms with Gasteiger partial charge in [-0.15, -0.1) is 0 Å². The molecule has 0 bridgehead atoms. The molecule has 90 valence electrons. The Kier molecular flexibility index (Phi) is 4.46. The minimum Gasteiger partial charge on any atom is -0.396 e. The fourth-order valence-electron chi connectivity index (χ4n) is 1.52. The van der Waals surface area contributed by atoms with Crippen LogP contribution >= 0.6 is 0 Å². The summed E-state index contributed by atoms with van der Waals surface area (Å²) in [4.78, 5) is 0.303. The van der Waals surface area contributed by atoms with Gasteiger partial charge in [0.15, 0.2) is 9.84 Å². The first-order valence-corrected chi connectivity index (χ1v) is 6.93. The molecular formula is C11H17NO3S. The minimum absolute atomic E-state index is 0.00129. The Morgan fingerprint density at radius 1 is 1.31 bits per heavy atom. The molecule has 0 aliphatic rings. The van der Waals surface area contributed by atoms with E-state index in [0.717, 1.165) is 5.56 Å². The molecule has 16 heavy (non-hydrogen) atoms. The van der Waals surface area contributed by atoms with E-state index in [1.807, 2.05) is 7.05 Å². The van der Waals surface area contributed by atoms with Crippen molar-refractivity contribution in [2.45, 2.75) is 10.8 Å². The highest BCUT2D eigenvalue weighted by Crippen LogP contribution is 2.17. The lowest BCUT2D eigenvalue weighted by Crippen LogP contribution is -2.20. The molecule has 0 aromatic heterocycles. The number of rotatable bonds is 5. The van der Waals surface area contributed by atoms with Gasteiger partial charge in [-0.1, -0.05) is 12.1 Å². The molecule has 0 aliphatic heterocycles. The fourth-order valence-corrected chi connectivity index (χ4v) is 2.15. The van der Waals surface area contributed by atoms with Crippen LogP contribution in [0.5, 0.6) is 0 Å². The minimum atomic E-state index is -3.14. The second kappa shape index (κ2) is 5.43. The Bertz CT molecular complexity index is 425. The summed E-state index contributed by atoms with van der Waals surface area (Å²) in [6.07, 6.45) is 1.18. The highest BCUT2D eigenvalue weighted by atomic mass is 32.2. The highest BCUT2D eigenvalue weighted by Gasteiger charge is 2.11. The molecular weight excluding hydrogens is 226 g/mol. The number of hydrogen-bond acceptors (Lipinski definition) is 4. The molecule has 2 N–H and O–H groups in total. The maximum Gasteiger partial charge on any atom is 0.175 e. The highest BCUT2D eigenvalue weighted by molar-refractivity contribution is 7.90. The zero-order chi connectivity index (χ0) is 12.2. The number of aliphatic hydroxyl groups excluding tert-OH is 1. The Morgan fingerprint density at radius 2 is 1.88 bits per heavy atom. The Labute approximate surface area is 96.2 Å². The summed E-state index contributed by atoms with van der Waals surface area (Å²) in [6, 6.07) is 6.63. The zero-order valence-corrected chi connectivity index (χ0v) is 10.3. The predicted octanol–water partition coefficient (Wildman–Crippen LogP) is 0.385. The molecule has 1 rings (SSSR count). The Morgan fingerprint density at radius 3 is 2.25 bits per heavy atom. The van der Waals surface area contributed by atoms with E-state index in [9.17, 15) is 13.5 Å². The van der Waals surface area contributed by atoms with Crippen molar-refractivity contribution in [2.24, 2.45) is 0 Å². The first kappa shape index (κ1) is 13.2. The SMILES string of the molecule is CNCC(CO)c1ccc(S(C)(=O)=O)cc1. The average molecular weight is 243 g/mol. The van der Waals surface area contributed by atoms with Crippen LogP contribution in [0.3, 0.4) is 0 Å². The third-order valence-electron chi connectivity index (χ3n) is 2.45. The molecule has 1 atom stereocenters. The van der Waals surface area contributed by atoms with Crippen molar-refractivity contribution in [3.05, 3.63) is 29.8 Å². The molecule has 0 saturated carbocycles. The molecule has 5 heteroatoms. The van der Waals surface area contributed by atoms with Crippen LogP contribution in [0.25, 0.3) is 0 Å². The monoisotopic (exact) mass is 243 g/mol. The van der Waals surface area contributed by atoms with Crippen LogP contribution in [0, 0.1) is 0 Å². The number of benzene rings is 1. The van der Waals surface area contributed by atoms with E-state index in [-0.39, 0.29) is 12.5 Å². The van der Waals surface area contributed by atoms with Gasteiger partial charge in [-0.25, -0.2) is 8.42 Å². The van der Waals surface area contributed by atoms with Crippen molar-refractivity contribution in [2.75, 3.05) is 26.5 Å². The largest absolute Gasteiger partial charge is 0.396 e. The van der Waals surface area contributed by atoms with Crippen molar-refractivity contribution < 1.29 is 13.5 Å². The van der Waals surface area contributed by atoms with E-state index in [4.69, 9.17) is 0 Å². The number of sulfone groups is 1. The number of aliphatic hydroxyl groups is 1. The Balaban J connectivity index is 2.93. The van der Waals surface area contributed by atoms with Gasteiger partial charge in [-0.3, -0.25) is 0 Å². The summed E-state index contributed by atoms with van der Waals surface area (Å²) < 4.78 is 22.5. The van der Waals surface area contributed by atoms with Gasteiger partial charge in [-0.2, -0.15) is 0 Å². The zero-order valence-electron chi connectivity index (χ0n) is 9.47. The van der Waals surface area contributed by atoms with Gasteiger partial charge in [0.25, 0.3) is 0 Å². The van der Waals surface area contributed by atoms with Gasteiger partial charge in [0.05, 0.1) is 11.5 Å². The van der Waals surface area contributed by atoms with E-state index < -0.39 is 9.84 Å². The summed E-state index contributed by atoms with van der Waals surface area (Å²) in [5, 5.41) is 12.2. The second-order valence-electron chi connectivity index (χ2n) is 3.78. The third-order valence-corrected chi connectivity index (χ3v) is 3.58. The maximum absolute atomic E-state index is 11.2.